The average molecular weight is 434 g/mol. The third-order valence-electron chi connectivity index (χ3n) is 5.56. The fraction of sp³-hybridized carbons (Fsp3) is 0.200. The van der Waals surface area contributed by atoms with Crippen LogP contribution in [0.3, 0.4) is 0 Å². The molecule has 1 aliphatic heterocycles. The molecular weight excluding hydrogens is 408 g/mol. The summed E-state index contributed by atoms with van der Waals surface area (Å²) in [6.45, 7) is 1.93. The Morgan fingerprint density at radius 3 is 2.42 bits per heavy atom. The van der Waals surface area contributed by atoms with Gasteiger partial charge in [0, 0.05) is 53.3 Å². The number of fused-ring (bicyclic) bond motifs is 2. The van der Waals surface area contributed by atoms with Crippen molar-refractivity contribution in [3.8, 4) is 22.5 Å². The number of carbonyl (C=O) groups is 1. The van der Waals surface area contributed by atoms with Crippen LogP contribution in [0.15, 0.2) is 57.8 Å². The quantitative estimate of drug-likeness (QED) is 0.282. The smallest absolute Gasteiger partial charge is 0.336 e. The SMILES string of the molecule is Cc1cc(-c2c3ccc(=[N+](C)C)cc-3oc3cc(N(C)C)ccc23)c(C(=O)O)cc1S. The summed E-state index contributed by atoms with van der Waals surface area (Å²) < 4.78 is 8.34. The minimum absolute atomic E-state index is 0.220. The summed E-state index contributed by atoms with van der Waals surface area (Å²) in [5, 5.41) is 11.8. The number of carboxylic acids is 1. The molecule has 2 aromatic carbocycles. The van der Waals surface area contributed by atoms with Crippen molar-refractivity contribution in [3.63, 3.8) is 0 Å². The first-order valence-corrected chi connectivity index (χ1v) is 10.4. The van der Waals surface area contributed by atoms with E-state index in [1.54, 1.807) is 6.07 Å². The van der Waals surface area contributed by atoms with Crippen molar-refractivity contribution >= 4 is 35.3 Å². The van der Waals surface area contributed by atoms with E-state index in [1.807, 2.05) is 87.1 Å². The molecule has 31 heavy (non-hydrogen) atoms. The molecule has 1 N–H and O–H groups in total. The third kappa shape index (κ3) is 3.68. The van der Waals surface area contributed by atoms with Crippen molar-refractivity contribution in [1.29, 1.82) is 0 Å². The number of carboxylic acid groups (broad SMARTS) is 1. The van der Waals surface area contributed by atoms with Crippen molar-refractivity contribution in [2.45, 2.75) is 11.8 Å². The largest absolute Gasteiger partial charge is 0.478 e. The number of anilines is 1. The highest BCUT2D eigenvalue weighted by molar-refractivity contribution is 7.80. The molecule has 4 rings (SSSR count). The van der Waals surface area contributed by atoms with Crippen molar-refractivity contribution in [1.82, 2.24) is 4.58 Å². The molecule has 0 radical (unpaired) electrons. The van der Waals surface area contributed by atoms with Crippen molar-refractivity contribution in [3.05, 3.63) is 65.0 Å². The van der Waals surface area contributed by atoms with Crippen molar-refractivity contribution < 1.29 is 14.3 Å². The number of thiol groups is 1. The van der Waals surface area contributed by atoms with Gasteiger partial charge in [0.15, 0.2) is 0 Å². The Morgan fingerprint density at radius 1 is 1.03 bits per heavy atom. The highest BCUT2D eigenvalue weighted by Gasteiger charge is 2.23. The fourth-order valence-electron chi connectivity index (χ4n) is 3.79. The zero-order valence-electron chi connectivity index (χ0n) is 18.2. The number of nitrogens with zero attached hydrogens (tertiary/aromatic N) is 2. The lowest BCUT2D eigenvalue weighted by atomic mass is 9.89. The molecule has 0 fully saturated rings. The summed E-state index contributed by atoms with van der Waals surface area (Å²) in [5.41, 5.74) is 5.21. The van der Waals surface area contributed by atoms with Crippen molar-refractivity contribution in [2.24, 2.45) is 0 Å². The zero-order chi connectivity index (χ0) is 22.4. The highest BCUT2D eigenvalue weighted by Crippen LogP contribution is 2.42. The second kappa shape index (κ2) is 7.78. The van der Waals surface area contributed by atoms with E-state index < -0.39 is 5.97 Å². The molecule has 158 valence electrons. The average Bonchev–Trinajstić information content (AvgIpc) is 2.72. The first-order chi connectivity index (χ1) is 14.7. The molecule has 0 saturated carbocycles. The lowest BCUT2D eigenvalue weighted by molar-refractivity contribution is 0.0697. The maximum Gasteiger partial charge on any atom is 0.336 e. The minimum atomic E-state index is -0.984. The molecule has 0 spiro atoms. The normalized spacial score (nSPS) is 11.2. The Kier molecular flexibility index (Phi) is 5.27. The van der Waals surface area contributed by atoms with Crippen LogP contribution in [0.25, 0.3) is 33.4 Å². The van der Waals surface area contributed by atoms with Crippen LogP contribution < -0.4 is 14.8 Å². The Labute approximate surface area is 186 Å². The number of hydrogen-bond acceptors (Lipinski definition) is 4. The van der Waals surface area contributed by atoms with Gasteiger partial charge in [0.05, 0.1) is 11.6 Å². The van der Waals surface area contributed by atoms with Gasteiger partial charge in [0.2, 0.25) is 5.36 Å². The molecule has 1 aliphatic carbocycles. The molecular formula is C25H25N2O3S+. The minimum Gasteiger partial charge on any atom is -0.478 e. The van der Waals surface area contributed by atoms with Gasteiger partial charge in [-0.25, -0.2) is 9.37 Å². The van der Waals surface area contributed by atoms with Gasteiger partial charge in [-0.2, -0.15) is 0 Å². The van der Waals surface area contributed by atoms with E-state index in [-0.39, 0.29) is 5.56 Å². The van der Waals surface area contributed by atoms with Gasteiger partial charge in [0.1, 0.15) is 25.4 Å². The van der Waals surface area contributed by atoms with E-state index in [0.717, 1.165) is 33.1 Å². The first kappa shape index (κ1) is 21.0. The van der Waals surface area contributed by atoms with Gasteiger partial charge in [0.25, 0.3) is 0 Å². The summed E-state index contributed by atoms with van der Waals surface area (Å²) in [7, 11) is 7.91. The van der Waals surface area contributed by atoms with Crippen LogP contribution >= 0.6 is 12.6 Å². The molecule has 0 bridgehead atoms. The lowest BCUT2D eigenvalue weighted by Gasteiger charge is -2.19. The molecule has 0 atom stereocenters. The Morgan fingerprint density at radius 2 is 1.77 bits per heavy atom. The zero-order valence-corrected chi connectivity index (χ0v) is 19.1. The number of aryl methyl sites for hydroxylation is 1. The van der Waals surface area contributed by atoms with Crippen molar-refractivity contribution in [2.75, 3.05) is 33.1 Å². The predicted molar refractivity (Wildman–Crippen MR) is 129 cm³/mol. The van der Waals surface area contributed by atoms with E-state index in [0.29, 0.717) is 21.8 Å². The van der Waals surface area contributed by atoms with Gasteiger partial charge >= 0.3 is 5.97 Å². The monoisotopic (exact) mass is 433 g/mol. The molecule has 0 aromatic heterocycles. The molecule has 6 heteroatoms. The van der Waals surface area contributed by atoms with Gasteiger partial charge in [-0.1, -0.05) is 0 Å². The summed E-state index contributed by atoms with van der Waals surface area (Å²) in [5.74, 6) is -0.282. The molecule has 2 aliphatic rings. The lowest BCUT2D eigenvalue weighted by Crippen LogP contribution is -2.21. The van der Waals surface area contributed by atoms with Gasteiger partial charge in [-0.3, -0.25) is 0 Å². The van der Waals surface area contributed by atoms with Gasteiger partial charge in [-0.05, 0) is 48.4 Å². The number of hydrogen-bond donors (Lipinski definition) is 2. The molecule has 1 heterocycles. The van der Waals surface area contributed by atoms with Crippen LogP contribution in [0.2, 0.25) is 0 Å². The van der Waals surface area contributed by atoms with Crippen LogP contribution in [0.5, 0.6) is 0 Å². The Bertz CT molecular complexity index is 1380. The van der Waals surface area contributed by atoms with Crippen LogP contribution in [0.1, 0.15) is 15.9 Å². The second-order valence-corrected chi connectivity index (χ2v) is 8.60. The van der Waals surface area contributed by atoms with Crippen LogP contribution in [0.4, 0.5) is 5.69 Å². The third-order valence-corrected chi connectivity index (χ3v) is 6.04. The van der Waals surface area contributed by atoms with Crippen LogP contribution in [-0.2, 0) is 0 Å². The van der Waals surface area contributed by atoms with Crippen LogP contribution in [-0.4, -0.2) is 39.3 Å². The summed E-state index contributed by atoms with van der Waals surface area (Å²) in [6.07, 6.45) is 0. The maximum absolute atomic E-state index is 12.1. The van der Waals surface area contributed by atoms with E-state index >= 15 is 0 Å². The maximum atomic E-state index is 12.1. The predicted octanol–water partition coefficient (Wildman–Crippen LogP) is 4.60. The van der Waals surface area contributed by atoms with E-state index in [4.69, 9.17) is 4.42 Å². The molecule has 0 amide bonds. The Hall–Kier alpha value is -3.25. The summed E-state index contributed by atoms with van der Waals surface area (Å²) >= 11 is 4.45. The standard InChI is InChI=1S/C25H24N2O3S/c1-14-10-19(20(25(28)29)13-23(14)31)24-17-8-6-15(26(2)3)11-21(17)30-22-12-16(27(4)5)7-9-18(22)24/h6-13H,1-5H3,(H,28,29)/p+1. The van der Waals surface area contributed by atoms with E-state index in [9.17, 15) is 9.90 Å². The number of benzene rings is 3. The number of rotatable bonds is 3. The van der Waals surface area contributed by atoms with E-state index in [1.165, 1.54) is 0 Å². The fourth-order valence-corrected chi connectivity index (χ4v) is 3.99. The Balaban J connectivity index is 2.21. The van der Waals surface area contributed by atoms with E-state index in [2.05, 4.69) is 12.6 Å². The number of aromatic carboxylic acids is 1. The van der Waals surface area contributed by atoms with Crippen LogP contribution in [0, 0.1) is 6.92 Å². The first-order valence-electron chi connectivity index (χ1n) is 9.93. The second-order valence-electron chi connectivity index (χ2n) is 8.12. The topological polar surface area (TPSA) is 56.7 Å². The summed E-state index contributed by atoms with van der Waals surface area (Å²) in [6, 6.07) is 15.5. The molecule has 2 aromatic rings. The van der Waals surface area contributed by atoms with Gasteiger partial charge in [-0.15, -0.1) is 12.6 Å². The highest BCUT2D eigenvalue weighted by atomic mass is 32.1. The molecule has 0 saturated heterocycles. The van der Waals surface area contributed by atoms with Gasteiger partial charge < -0.3 is 14.4 Å². The summed E-state index contributed by atoms with van der Waals surface area (Å²) in [4.78, 5) is 14.8. The molecule has 0 unspecified atom stereocenters. The molecule has 5 nitrogen and oxygen atoms in total.